The smallest absolute Gasteiger partial charge is 0.262 e. The number of hydrogen-bond acceptors (Lipinski definition) is 4. The average Bonchev–Trinajstić information content (AvgIpc) is 2.42. The first-order valence-corrected chi connectivity index (χ1v) is 7.67. The van der Waals surface area contributed by atoms with Crippen LogP contribution in [0, 0.1) is 0 Å². The van der Waals surface area contributed by atoms with E-state index in [0.717, 1.165) is 16.6 Å². The number of ether oxygens (including phenoxy) is 2. The minimum atomic E-state index is -0.578. The van der Waals surface area contributed by atoms with E-state index in [1.807, 2.05) is 26.1 Å². The largest absolute Gasteiger partial charge is 0.490 e. The Labute approximate surface area is 134 Å². The topological polar surface area (TPSA) is 50.8 Å². The minimum Gasteiger partial charge on any atom is -0.490 e. The highest BCUT2D eigenvalue weighted by Gasteiger charge is 2.21. The van der Waals surface area contributed by atoms with E-state index in [4.69, 9.17) is 9.47 Å². The van der Waals surface area contributed by atoms with Gasteiger partial charge in [0.25, 0.3) is 5.91 Å². The lowest BCUT2D eigenvalue weighted by Gasteiger charge is -2.21. The molecule has 1 atom stereocenters. The van der Waals surface area contributed by atoms with Crippen LogP contribution in [0.2, 0.25) is 0 Å². The second kappa shape index (κ2) is 8.24. The lowest BCUT2D eigenvalue weighted by molar-refractivity contribution is -0.135. The number of halogens is 1. The van der Waals surface area contributed by atoms with Crippen molar-refractivity contribution >= 4 is 21.8 Å². The zero-order valence-corrected chi connectivity index (χ0v) is 14.8. The monoisotopic (exact) mass is 358 g/mol. The summed E-state index contributed by atoms with van der Waals surface area (Å²) in [5.41, 5.74) is 1.08. The zero-order valence-electron chi connectivity index (χ0n) is 13.2. The summed E-state index contributed by atoms with van der Waals surface area (Å²) in [7, 11) is 5.30. The fourth-order valence-electron chi connectivity index (χ4n) is 1.90. The molecule has 1 amide bonds. The fourth-order valence-corrected chi connectivity index (χ4v) is 2.48. The molecule has 21 heavy (non-hydrogen) atoms. The molecule has 0 radical (unpaired) electrons. The van der Waals surface area contributed by atoms with Crippen molar-refractivity contribution in [3.05, 3.63) is 22.2 Å². The maximum atomic E-state index is 11.9. The highest BCUT2D eigenvalue weighted by molar-refractivity contribution is 9.10. The molecule has 0 aliphatic carbocycles. The Morgan fingerprint density at radius 3 is 2.62 bits per heavy atom. The van der Waals surface area contributed by atoms with Crippen LogP contribution < -0.4 is 14.8 Å². The van der Waals surface area contributed by atoms with Crippen molar-refractivity contribution < 1.29 is 14.3 Å². The average molecular weight is 359 g/mol. The zero-order chi connectivity index (χ0) is 16.0. The molecule has 0 aliphatic heterocycles. The van der Waals surface area contributed by atoms with Crippen molar-refractivity contribution in [2.24, 2.45) is 0 Å². The lowest BCUT2D eigenvalue weighted by atomic mass is 10.2. The van der Waals surface area contributed by atoms with E-state index in [0.29, 0.717) is 18.1 Å². The standard InChI is InChI=1S/C15H23BrN2O3/c1-6-20-13-8-11(9-17-3)7-12(16)14(13)21-10(2)15(19)18(4)5/h7-8,10,17H,6,9H2,1-5H3. The van der Waals surface area contributed by atoms with Gasteiger partial charge in [0.15, 0.2) is 17.6 Å². The van der Waals surface area contributed by atoms with Crippen LogP contribution in [0.4, 0.5) is 0 Å². The molecule has 0 fully saturated rings. The molecule has 0 saturated heterocycles. The van der Waals surface area contributed by atoms with Crippen LogP contribution in [-0.4, -0.2) is 44.7 Å². The van der Waals surface area contributed by atoms with Gasteiger partial charge in [-0.15, -0.1) is 0 Å². The summed E-state index contributed by atoms with van der Waals surface area (Å²) in [4.78, 5) is 13.4. The van der Waals surface area contributed by atoms with E-state index in [1.165, 1.54) is 4.90 Å². The van der Waals surface area contributed by atoms with Crippen LogP contribution in [0.3, 0.4) is 0 Å². The molecule has 6 heteroatoms. The molecule has 0 saturated carbocycles. The molecule has 0 bridgehead atoms. The van der Waals surface area contributed by atoms with E-state index < -0.39 is 6.10 Å². The molecule has 1 aromatic rings. The number of carbonyl (C=O) groups excluding carboxylic acids is 1. The van der Waals surface area contributed by atoms with E-state index in [-0.39, 0.29) is 5.91 Å². The normalized spacial score (nSPS) is 11.9. The Bertz CT molecular complexity index is 492. The lowest BCUT2D eigenvalue weighted by Crippen LogP contribution is -2.35. The Balaban J connectivity index is 3.06. The number of likely N-dealkylation sites (N-methyl/N-ethyl adjacent to an activating group) is 1. The Morgan fingerprint density at radius 1 is 1.43 bits per heavy atom. The van der Waals surface area contributed by atoms with Gasteiger partial charge >= 0.3 is 0 Å². The quantitative estimate of drug-likeness (QED) is 0.813. The van der Waals surface area contributed by atoms with Crippen molar-refractivity contribution in [3.8, 4) is 11.5 Å². The molecule has 0 aliphatic rings. The highest BCUT2D eigenvalue weighted by atomic mass is 79.9. The molecule has 1 rings (SSSR count). The molecular weight excluding hydrogens is 336 g/mol. The predicted molar refractivity (Wildman–Crippen MR) is 86.9 cm³/mol. The Hall–Kier alpha value is -1.27. The Kier molecular flexibility index (Phi) is 6.98. The van der Waals surface area contributed by atoms with E-state index >= 15 is 0 Å². The van der Waals surface area contributed by atoms with Crippen LogP contribution in [0.1, 0.15) is 19.4 Å². The minimum absolute atomic E-state index is 0.0938. The van der Waals surface area contributed by atoms with Crippen molar-refractivity contribution in [2.45, 2.75) is 26.5 Å². The third kappa shape index (κ3) is 4.89. The van der Waals surface area contributed by atoms with Crippen molar-refractivity contribution in [1.82, 2.24) is 10.2 Å². The van der Waals surface area contributed by atoms with Crippen molar-refractivity contribution in [3.63, 3.8) is 0 Å². The van der Waals surface area contributed by atoms with Crippen LogP contribution in [0.15, 0.2) is 16.6 Å². The van der Waals surface area contributed by atoms with Crippen LogP contribution in [-0.2, 0) is 11.3 Å². The van der Waals surface area contributed by atoms with Gasteiger partial charge in [-0.25, -0.2) is 0 Å². The van der Waals surface area contributed by atoms with Crippen LogP contribution >= 0.6 is 15.9 Å². The van der Waals surface area contributed by atoms with Crippen molar-refractivity contribution in [1.29, 1.82) is 0 Å². The summed E-state index contributed by atoms with van der Waals surface area (Å²) < 4.78 is 12.2. The van der Waals surface area contributed by atoms with Gasteiger partial charge in [0.1, 0.15) is 0 Å². The first kappa shape index (κ1) is 17.8. The Morgan fingerprint density at radius 2 is 2.10 bits per heavy atom. The van der Waals surface area contributed by atoms with E-state index in [1.54, 1.807) is 21.0 Å². The molecule has 1 N–H and O–H groups in total. The summed E-state index contributed by atoms with van der Waals surface area (Å²) in [6.45, 7) is 4.90. The third-order valence-corrected chi connectivity index (χ3v) is 3.42. The summed E-state index contributed by atoms with van der Waals surface area (Å²) in [6.07, 6.45) is -0.578. The molecule has 0 aromatic heterocycles. The molecule has 1 aromatic carbocycles. The van der Waals surface area contributed by atoms with Gasteiger partial charge in [-0.2, -0.15) is 0 Å². The van der Waals surface area contributed by atoms with Crippen LogP contribution in [0.25, 0.3) is 0 Å². The summed E-state index contributed by atoms with van der Waals surface area (Å²) >= 11 is 3.49. The highest BCUT2D eigenvalue weighted by Crippen LogP contribution is 2.37. The van der Waals surface area contributed by atoms with Gasteiger partial charge in [-0.1, -0.05) is 0 Å². The summed E-state index contributed by atoms with van der Waals surface area (Å²) in [5.74, 6) is 1.10. The molecule has 0 heterocycles. The number of amides is 1. The molecule has 118 valence electrons. The number of carbonyl (C=O) groups is 1. The number of nitrogens with zero attached hydrogens (tertiary/aromatic N) is 1. The maximum Gasteiger partial charge on any atom is 0.262 e. The number of hydrogen-bond donors (Lipinski definition) is 1. The second-order valence-electron chi connectivity index (χ2n) is 4.86. The number of rotatable bonds is 7. The van der Waals surface area contributed by atoms with Gasteiger partial charge < -0.3 is 19.7 Å². The summed E-state index contributed by atoms with van der Waals surface area (Å²) in [5, 5.41) is 3.10. The first-order valence-electron chi connectivity index (χ1n) is 6.88. The maximum absolute atomic E-state index is 11.9. The molecule has 1 unspecified atom stereocenters. The van der Waals surface area contributed by atoms with Gasteiger partial charge in [0.2, 0.25) is 0 Å². The fraction of sp³-hybridized carbons (Fsp3) is 0.533. The first-order chi connectivity index (χ1) is 9.90. The van der Waals surface area contributed by atoms with Gasteiger partial charge in [-0.3, -0.25) is 4.79 Å². The molecule has 5 nitrogen and oxygen atoms in total. The summed E-state index contributed by atoms with van der Waals surface area (Å²) in [6, 6.07) is 3.88. The van der Waals surface area contributed by atoms with Crippen LogP contribution in [0.5, 0.6) is 11.5 Å². The predicted octanol–water partition coefficient (Wildman–Crippen LogP) is 2.42. The molecule has 0 spiro atoms. The van der Waals surface area contributed by atoms with E-state index in [9.17, 15) is 4.79 Å². The van der Waals surface area contributed by atoms with Gasteiger partial charge in [0.05, 0.1) is 11.1 Å². The van der Waals surface area contributed by atoms with E-state index in [2.05, 4.69) is 21.2 Å². The third-order valence-electron chi connectivity index (χ3n) is 2.83. The molecular formula is C15H23BrN2O3. The van der Waals surface area contributed by atoms with Gasteiger partial charge in [0, 0.05) is 20.6 Å². The SMILES string of the molecule is CCOc1cc(CNC)cc(Br)c1OC(C)C(=O)N(C)C. The van der Waals surface area contributed by atoms with Crippen molar-refractivity contribution in [2.75, 3.05) is 27.7 Å². The van der Waals surface area contributed by atoms with Gasteiger partial charge in [-0.05, 0) is 54.5 Å². The second-order valence-corrected chi connectivity index (χ2v) is 5.72. The number of nitrogens with one attached hydrogen (secondary N) is 1. The number of benzene rings is 1.